The average Bonchev–Trinajstić information content (AvgIpc) is 2.42. The Morgan fingerprint density at radius 3 is 2.71 bits per heavy atom. The van der Waals surface area contributed by atoms with Crippen LogP contribution >= 0.6 is 0 Å². The van der Waals surface area contributed by atoms with Crippen molar-refractivity contribution in [3.8, 4) is 5.75 Å². The lowest BCUT2D eigenvalue weighted by Gasteiger charge is -2.12. The van der Waals surface area contributed by atoms with Gasteiger partial charge >= 0.3 is 0 Å². The molecule has 2 heteroatoms. The maximum Gasteiger partial charge on any atom is 0.120 e. The first-order valence-electron chi connectivity index (χ1n) is 5.35. The topological polar surface area (TPSA) is 46.2 Å². The van der Waals surface area contributed by atoms with Gasteiger partial charge in [0.25, 0.3) is 0 Å². The maximum atomic E-state index is 9.68. The second-order valence-electron chi connectivity index (χ2n) is 3.97. The van der Waals surface area contributed by atoms with Crippen molar-refractivity contribution in [1.82, 2.24) is 0 Å². The zero-order valence-electron chi connectivity index (χ0n) is 8.42. The fraction of sp³-hybridized carbons (Fsp3) is 0.500. The van der Waals surface area contributed by atoms with Crippen molar-refractivity contribution in [2.75, 3.05) is 0 Å². The molecule has 0 atom stereocenters. The summed E-state index contributed by atoms with van der Waals surface area (Å²) < 4.78 is 0. The van der Waals surface area contributed by atoms with E-state index in [0.717, 1.165) is 18.4 Å². The lowest BCUT2D eigenvalue weighted by molar-refractivity contribution is 0.467. The van der Waals surface area contributed by atoms with Crippen LogP contribution in [0.3, 0.4) is 0 Å². The molecular weight excluding hydrogens is 174 g/mol. The summed E-state index contributed by atoms with van der Waals surface area (Å²) in [6.07, 6.45) is 6.00. The van der Waals surface area contributed by atoms with Crippen LogP contribution in [0.25, 0.3) is 0 Å². The predicted octanol–water partition coefficient (Wildman–Crippen LogP) is 2.12. The minimum atomic E-state index is 0.369. The second kappa shape index (κ2) is 4.01. The van der Waals surface area contributed by atoms with Crippen molar-refractivity contribution >= 4 is 0 Å². The van der Waals surface area contributed by atoms with Gasteiger partial charge in [0.2, 0.25) is 0 Å². The van der Waals surface area contributed by atoms with Crippen molar-refractivity contribution in [2.45, 2.75) is 38.6 Å². The van der Waals surface area contributed by atoms with Gasteiger partial charge in [-0.1, -0.05) is 12.5 Å². The summed E-state index contributed by atoms with van der Waals surface area (Å²) in [5.41, 5.74) is 9.33. The largest absolute Gasteiger partial charge is 0.508 e. The number of aromatic hydroxyl groups is 1. The van der Waals surface area contributed by atoms with E-state index in [4.69, 9.17) is 5.73 Å². The molecule has 14 heavy (non-hydrogen) atoms. The van der Waals surface area contributed by atoms with E-state index in [1.54, 1.807) is 6.07 Å². The highest BCUT2D eigenvalue weighted by Gasteiger charge is 2.13. The molecule has 0 aliphatic heterocycles. The summed E-state index contributed by atoms with van der Waals surface area (Å²) in [5, 5.41) is 9.68. The van der Waals surface area contributed by atoms with E-state index in [0.29, 0.717) is 12.3 Å². The Morgan fingerprint density at radius 1 is 1.14 bits per heavy atom. The third-order valence-electron chi connectivity index (χ3n) is 3.08. The van der Waals surface area contributed by atoms with Crippen molar-refractivity contribution in [3.05, 3.63) is 28.8 Å². The Morgan fingerprint density at radius 2 is 1.93 bits per heavy atom. The normalized spacial score (nSPS) is 16.1. The third-order valence-corrected chi connectivity index (χ3v) is 3.08. The first-order valence-corrected chi connectivity index (χ1v) is 5.35. The minimum Gasteiger partial charge on any atom is -0.508 e. The fourth-order valence-electron chi connectivity index (χ4n) is 2.30. The Balaban J connectivity index is 2.48. The standard InChI is InChI=1S/C12H17NO/c13-8-11-10-5-3-1-2-4-9(10)6-7-12(11)14/h6-7,14H,1-5,8,13H2. The van der Waals surface area contributed by atoms with Crippen molar-refractivity contribution in [1.29, 1.82) is 0 Å². The number of aryl methyl sites for hydroxylation is 1. The van der Waals surface area contributed by atoms with Crippen LogP contribution in [-0.4, -0.2) is 5.11 Å². The van der Waals surface area contributed by atoms with E-state index in [9.17, 15) is 5.11 Å². The van der Waals surface area contributed by atoms with Crippen LogP contribution in [0.2, 0.25) is 0 Å². The Hall–Kier alpha value is -1.02. The van der Waals surface area contributed by atoms with E-state index in [-0.39, 0.29) is 0 Å². The van der Waals surface area contributed by atoms with Gasteiger partial charge in [-0.15, -0.1) is 0 Å². The molecule has 0 amide bonds. The molecule has 0 saturated heterocycles. The number of benzene rings is 1. The van der Waals surface area contributed by atoms with Gasteiger partial charge in [-0.3, -0.25) is 0 Å². The molecule has 0 radical (unpaired) electrons. The maximum absolute atomic E-state index is 9.68. The van der Waals surface area contributed by atoms with E-state index >= 15 is 0 Å². The van der Waals surface area contributed by atoms with Crippen LogP contribution in [-0.2, 0) is 19.4 Å². The zero-order valence-corrected chi connectivity index (χ0v) is 8.42. The molecule has 76 valence electrons. The molecule has 0 fully saturated rings. The molecule has 0 spiro atoms. The van der Waals surface area contributed by atoms with Crippen LogP contribution in [0.1, 0.15) is 36.0 Å². The highest BCUT2D eigenvalue weighted by Crippen LogP contribution is 2.29. The van der Waals surface area contributed by atoms with Crippen LogP contribution in [0.15, 0.2) is 12.1 Å². The minimum absolute atomic E-state index is 0.369. The van der Waals surface area contributed by atoms with E-state index < -0.39 is 0 Å². The molecule has 1 aromatic rings. The fourth-order valence-corrected chi connectivity index (χ4v) is 2.30. The molecule has 0 heterocycles. The van der Waals surface area contributed by atoms with Crippen molar-refractivity contribution in [2.24, 2.45) is 5.73 Å². The van der Waals surface area contributed by atoms with Crippen LogP contribution in [0, 0.1) is 0 Å². The van der Waals surface area contributed by atoms with Crippen LogP contribution < -0.4 is 5.73 Å². The second-order valence-corrected chi connectivity index (χ2v) is 3.97. The first-order chi connectivity index (χ1) is 6.83. The van der Waals surface area contributed by atoms with E-state index in [1.807, 2.05) is 0 Å². The van der Waals surface area contributed by atoms with E-state index in [2.05, 4.69) is 6.07 Å². The molecule has 3 N–H and O–H groups in total. The number of fused-ring (bicyclic) bond motifs is 1. The Labute approximate surface area is 84.7 Å². The molecule has 1 aliphatic rings. The van der Waals surface area contributed by atoms with Gasteiger partial charge in [0.05, 0.1) is 0 Å². The number of rotatable bonds is 1. The SMILES string of the molecule is NCc1c(O)ccc2c1CCCCC2. The third kappa shape index (κ3) is 1.62. The molecule has 0 bridgehead atoms. The lowest BCUT2D eigenvalue weighted by Crippen LogP contribution is -2.04. The smallest absolute Gasteiger partial charge is 0.120 e. The van der Waals surface area contributed by atoms with Gasteiger partial charge in [0.1, 0.15) is 5.75 Å². The van der Waals surface area contributed by atoms with Crippen LogP contribution in [0.4, 0.5) is 0 Å². The first kappa shape index (κ1) is 9.53. The molecule has 1 aliphatic carbocycles. The molecule has 0 aromatic heterocycles. The molecule has 2 nitrogen and oxygen atoms in total. The van der Waals surface area contributed by atoms with Gasteiger partial charge in [-0.05, 0) is 42.9 Å². The molecule has 2 rings (SSSR count). The average molecular weight is 191 g/mol. The molecule has 0 saturated carbocycles. The number of hydrogen-bond acceptors (Lipinski definition) is 2. The van der Waals surface area contributed by atoms with Gasteiger partial charge in [-0.25, -0.2) is 0 Å². The van der Waals surface area contributed by atoms with Crippen LogP contribution in [0.5, 0.6) is 5.75 Å². The highest BCUT2D eigenvalue weighted by molar-refractivity contribution is 5.45. The predicted molar refractivity (Wildman–Crippen MR) is 57.3 cm³/mol. The molecular formula is C12H17NO. The summed E-state index contributed by atoms with van der Waals surface area (Å²) in [6.45, 7) is 0.453. The van der Waals surface area contributed by atoms with Gasteiger partial charge < -0.3 is 10.8 Å². The zero-order chi connectivity index (χ0) is 9.97. The highest BCUT2D eigenvalue weighted by atomic mass is 16.3. The molecule has 0 unspecified atom stereocenters. The summed E-state index contributed by atoms with van der Waals surface area (Å²) in [6, 6.07) is 3.83. The Bertz CT molecular complexity index is 333. The summed E-state index contributed by atoms with van der Waals surface area (Å²) >= 11 is 0. The van der Waals surface area contributed by atoms with E-state index in [1.165, 1.54) is 30.4 Å². The summed E-state index contributed by atoms with van der Waals surface area (Å²) in [7, 11) is 0. The van der Waals surface area contributed by atoms with Gasteiger partial charge in [0, 0.05) is 12.1 Å². The number of nitrogens with two attached hydrogens (primary N) is 1. The summed E-state index contributed by atoms with van der Waals surface area (Å²) in [4.78, 5) is 0. The number of phenolic OH excluding ortho intramolecular Hbond substituents is 1. The van der Waals surface area contributed by atoms with Crippen molar-refractivity contribution < 1.29 is 5.11 Å². The van der Waals surface area contributed by atoms with Gasteiger partial charge in [0.15, 0.2) is 0 Å². The lowest BCUT2D eigenvalue weighted by atomic mass is 9.96. The summed E-state index contributed by atoms with van der Waals surface area (Å²) in [5.74, 6) is 0.369. The Kier molecular flexibility index (Phi) is 2.73. The monoisotopic (exact) mass is 191 g/mol. The molecule has 1 aromatic carbocycles. The number of phenols is 1. The van der Waals surface area contributed by atoms with Crippen molar-refractivity contribution in [3.63, 3.8) is 0 Å². The number of hydrogen-bond donors (Lipinski definition) is 2. The van der Waals surface area contributed by atoms with Gasteiger partial charge in [-0.2, -0.15) is 0 Å². The quantitative estimate of drug-likeness (QED) is 0.668.